The van der Waals surface area contributed by atoms with Crippen LogP contribution in [0, 0.1) is 0 Å². The minimum atomic E-state index is -0.367. The van der Waals surface area contributed by atoms with Crippen molar-refractivity contribution in [3.05, 3.63) is 87.8 Å². The summed E-state index contributed by atoms with van der Waals surface area (Å²) in [6.45, 7) is 0.601. The van der Waals surface area contributed by atoms with Gasteiger partial charge in [-0.05, 0) is 65.4 Å². The van der Waals surface area contributed by atoms with Crippen molar-refractivity contribution < 1.29 is 28.5 Å². The van der Waals surface area contributed by atoms with Crippen LogP contribution in [0.4, 0.5) is 4.79 Å². The highest BCUT2D eigenvalue weighted by atomic mass is 35.5. The SMILES string of the molecule is COc1ccccc1OCCN1C(=O)S/C(=C\c2ccc(OCc3cccc(Cl)c3)c(OC)c2)C1=O. The van der Waals surface area contributed by atoms with Gasteiger partial charge in [0.1, 0.15) is 13.2 Å². The molecule has 0 saturated carbocycles. The van der Waals surface area contributed by atoms with E-state index in [9.17, 15) is 9.59 Å². The van der Waals surface area contributed by atoms with Crippen LogP contribution in [0.25, 0.3) is 6.08 Å². The van der Waals surface area contributed by atoms with Gasteiger partial charge >= 0.3 is 0 Å². The lowest BCUT2D eigenvalue weighted by Crippen LogP contribution is -2.32. The molecular weight excluding hydrogens is 502 g/mol. The van der Waals surface area contributed by atoms with Crippen LogP contribution in [0.2, 0.25) is 5.02 Å². The van der Waals surface area contributed by atoms with Crippen LogP contribution >= 0.6 is 23.4 Å². The number of carbonyl (C=O) groups is 2. The van der Waals surface area contributed by atoms with E-state index in [2.05, 4.69) is 0 Å². The molecule has 2 amide bonds. The first kappa shape index (κ1) is 25.5. The number of para-hydroxylation sites is 2. The smallest absolute Gasteiger partial charge is 0.293 e. The Morgan fingerprint density at radius 2 is 1.61 bits per heavy atom. The number of benzene rings is 3. The van der Waals surface area contributed by atoms with Gasteiger partial charge in [-0.25, -0.2) is 0 Å². The molecule has 186 valence electrons. The second-order valence-corrected chi connectivity index (χ2v) is 9.09. The molecule has 4 rings (SSSR count). The average molecular weight is 526 g/mol. The van der Waals surface area contributed by atoms with E-state index in [0.29, 0.717) is 45.1 Å². The molecule has 0 unspecified atom stereocenters. The van der Waals surface area contributed by atoms with Crippen molar-refractivity contribution in [3.8, 4) is 23.0 Å². The molecule has 1 saturated heterocycles. The lowest BCUT2D eigenvalue weighted by atomic mass is 10.1. The van der Waals surface area contributed by atoms with Gasteiger partial charge in [-0.3, -0.25) is 14.5 Å². The van der Waals surface area contributed by atoms with Crippen LogP contribution in [0.1, 0.15) is 11.1 Å². The molecule has 3 aromatic rings. The maximum Gasteiger partial charge on any atom is 0.293 e. The molecule has 3 aromatic carbocycles. The maximum absolute atomic E-state index is 12.9. The Kier molecular flexibility index (Phi) is 8.40. The summed E-state index contributed by atoms with van der Waals surface area (Å²) in [5.41, 5.74) is 1.63. The van der Waals surface area contributed by atoms with Crippen molar-refractivity contribution in [3.63, 3.8) is 0 Å². The number of imide groups is 1. The van der Waals surface area contributed by atoms with E-state index >= 15 is 0 Å². The fourth-order valence-electron chi connectivity index (χ4n) is 3.51. The van der Waals surface area contributed by atoms with Gasteiger partial charge in [-0.1, -0.05) is 41.9 Å². The fourth-order valence-corrected chi connectivity index (χ4v) is 4.59. The van der Waals surface area contributed by atoms with Gasteiger partial charge in [-0.15, -0.1) is 0 Å². The molecule has 0 aromatic heterocycles. The monoisotopic (exact) mass is 525 g/mol. The van der Waals surface area contributed by atoms with E-state index in [0.717, 1.165) is 17.3 Å². The largest absolute Gasteiger partial charge is 0.493 e. The molecule has 1 aliphatic heterocycles. The predicted octanol–water partition coefficient (Wildman–Crippen LogP) is 6.05. The Bertz CT molecular complexity index is 1290. The molecule has 9 heteroatoms. The molecule has 1 fully saturated rings. The number of ether oxygens (including phenoxy) is 4. The Labute approximate surface area is 218 Å². The van der Waals surface area contributed by atoms with E-state index in [1.165, 1.54) is 4.90 Å². The van der Waals surface area contributed by atoms with Crippen LogP contribution in [-0.4, -0.2) is 43.4 Å². The van der Waals surface area contributed by atoms with Crippen molar-refractivity contribution in [2.24, 2.45) is 0 Å². The Morgan fingerprint density at radius 1 is 0.861 bits per heavy atom. The number of halogens is 1. The summed E-state index contributed by atoms with van der Waals surface area (Å²) in [7, 11) is 3.09. The maximum atomic E-state index is 12.9. The highest BCUT2D eigenvalue weighted by Gasteiger charge is 2.34. The second-order valence-electron chi connectivity index (χ2n) is 7.66. The molecule has 0 aliphatic carbocycles. The number of hydrogen-bond donors (Lipinski definition) is 0. The third-order valence-corrected chi connectivity index (χ3v) is 6.43. The van der Waals surface area contributed by atoms with Crippen LogP contribution in [0.5, 0.6) is 23.0 Å². The summed E-state index contributed by atoms with van der Waals surface area (Å²) >= 11 is 6.92. The summed E-state index contributed by atoms with van der Waals surface area (Å²) in [5, 5.41) is 0.294. The summed E-state index contributed by atoms with van der Waals surface area (Å²) in [5.74, 6) is 1.83. The number of methoxy groups -OCH3 is 2. The zero-order chi connectivity index (χ0) is 25.5. The summed E-state index contributed by atoms with van der Waals surface area (Å²) in [4.78, 5) is 26.8. The number of rotatable bonds is 10. The Morgan fingerprint density at radius 3 is 2.36 bits per heavy atom. The van der Waals surface area contributed by atoms with E-state index in [1.807, 2.05) is 30.3 Å². The summed E-state index contributed by atoms with van der Waals surface area (Å²) in [6, 6.07) is 19.9. The highest BCUT2D eigenvalue weighted by molar-refractivity contribution is 8.18. The van der Waals surface area contributed by atoms with E-state index in [1.54, 1.807) is 56.7 Å². The van der Waals surface area contributed by atoms with Gasteiger partial charge in [0.2, 0.25) is 0 Å². The normalized spacial score (nSPS) is 14.3. The minimum Gasteiger partial charge on any atom is -0.493 e. The van der Waals surface area contributed by atoms with Crippen LogP contribution in [0.15, 0.2) is 71.6 Å². The first-order chi connectivity index (χ1) is 17.5. The third kappa shape index (κ3) is 6.13. The van der Waals surface area contributed by atoms with Crippen molar-refractivity contribution in [2.45, 2.75) is 6.61 Å². The highest BCUT2D eigenvalue weighted by Crippen LogP contribution is 2.35. The van der Waals surface area contributed by atoms with Crippen molar-refractivity contribution in [2.75, 3.05) is 27.4 Å². The number of hydrogen-bond acceptors (Lipinski definition) is 7. The fraction of sp³-hybridized carbons (Fsp3) is 0.185. The van der Waals surface area contributed by atoms with Gasteiger partial charge in [0, 0.05) is 5.02 Å². The van der Waals surface area contributed by atoms with Crippen LogP contribution in [-0.2, 0) is 11.4 Å². The van der Waals surface area contributed by atoms with E-state index < -0.39 is 0 Å². The van der Waals surface area contributed by atoms with Crippen LogP contribution < -0.4 is 18.9 Å². The summed E-state index contributed by atoms with van der Waals surface area (Å²) < 4.78 is 22.3. The molecule has 0 N–H and O–H groups in total. The van der Waals surface area contributed by atoms with Crippen molar-refractivity contribution in [1.82, 2.24) is 4.90 Å². The molecule has 36 heavy (non-hydrogen) atoms. The molecular formula is C27H24ClNO6S. The van der Waals surface area contributed by atoms with Crippen molar-refractivity contribution in [1.29, 1.82) is 0 Å². The molecule has 1 heterocycles. The number of carbonyl (C=O) groups excluding carboxylic acids is 2. The first-order valence-electron chi connectivity index (χ1n) is 11.0. The van der Waals surface area contributed by atoms with Crippen LogP contribution in [0.3, 0.4) is 0 Å². The lowest BCUT2D eigenvalue weighted by molar-refractivity contribution is -0.123. The Balaban J connectivity index is 1.40. The molecule has 0 spiro atoms. The first-order valence-corrected chi connectivity index (χ1v) is 12.2. The predicted molar refractivity (Wildman–Crippen MR) is 140 cm³/mol. The van der Waals surface area contributed by atoms with E-state index in [-0.39, 0.29) is 24.3 Å². The summed E-state index contributed by atoms with van der Waals surface area (Å²) in [6.07, 6.45) is 1.66. The topological polar surface area (TPSA) is 74.3 Å². The number of thioether (sulfide) groups is 1. The zero-order valence-corrected chi connectivity index (χ0v) is 21.3. The second kappa shape index (κ2) is 11.9. The zero-order valence-electron chi connectivity index (χ0n) is 19.7. The van der Waals surface area contributed by atoms with Crippen molar-refractivity contribution >= 4 is 40.6 Å². The van der Waals surface area contributed by atoms with E-state index in [4.69, 9.17) is 30.5 Å². The quantitative estimate of drug-likeness (QED) is 0.298. The number of amides is 2. The number of nitrogens with zero attached hydrogens (tertiary/aromatic N) is 1. The van der Waals surface area contributed by atoms with Gasteiger partial charge in [0.05, 0.1) is 25.7 Å². The lowest BCUT2D eigenvalue weighted by Gasteiger charge is -2.14. The van der Waals surface area contributed by atoms with Gasteiger partial charge in [-0.2, -0.15) is 0 Å². The van der Waals surface area contributed by atoms with Gasteiger partial charge in [0.25, 0.3) is 11.1 Å². The molecule has 0 atom stereocenters. The molecule has 7 nitrogen and oxygen atoms in total. The van der Waals surface area contributed by atoms with Gasteiger partial charge < -0.3 is 18.9 Å². The Hall–Kier alpha value is -3.62. The molecule has 0 bridgehead atoms. The molecule has 1 aliphatic rings. The average Bonchev–Trinajstić information content (AvgIpc) is 3.15. The third-order valence-electron chi connectivity index (χ3n) is 5.28. The standard InChI is InChI=1S/C27H24ClNO6S/c1-32-21-8-3-4-9-22(21)34-13-12-29-26(30)25(36-27(29)31)16-18-10-11-23(24(15-18)33-2)35-17-19-6-5-7-20(28)14-19/h3-11,14-16H,12-13,17H2,1-2H3/b25-16-. The molecule has 0 radical (unpaired) electrons. The minimum absolute atomic E-state index is 0.125. The van der Waals surface area contributed by atoms with Gasteiger partial charge in [0.15, 0.2) is 23.0 Å².